The van der Waals surface area contributed by atoms with Crippen molar-refractivity contribution in [3.63, 3.8) is 0 Å². The molecule has 0 bridgehead atoms. The van der Waals surface area contributed by atoms with Gasteiger partial charge in [0.1, 0.15) is 90.6 Å². The number of unbranched alkanes of at least 4 members (excludes halogenated alkanes) is 1. The lowest BCUT2D eigenvalue weighted by Crippen LogP contribution is -2.61. The number of carbonyl (C=O) groups is 18. The van der Waals surface area contributed by atoms with Crippen molar-refractivity contribution in [3.05, 3.63) is 90.0 Å². The molecule has 0 unspecified atom stereocenters. The maximum absolute atomic E-state index is 15.3. The number of hydrogen-bond acceptors (Lipinski definition) is 27. The number of amides is 17. The summed E-state index contributed by atoms with van der Waals surface area (Å²) in [5, 5.41) is 96.4. The molecule has 0 spiro atoms. The molecular formula is C93H149N33O20S. The van der Waals surface area contributed by atoms with Crippen LogP contribution in [0.1, 0.15) is 172 Å². The molecule has 3 aliphatic rings. The van der Waals surface area contributed by atoms with Gasteiger partial charge < -0.3 is 160 Å². The van der Waals surface area contributed by atoms with Crippen LogP contribution in [-0.2, 0) is 106 Å². The molecule has 38 N–H and O–H groups in total. The fourth-order valence-electron chi connectivity index (χ4n) is 16.8. The highest BCUT2D eigenvalue weighted by atomic mass is 32.2. The van der Waals surface area contributed by atoms with Gasteiger partial charge in [-0.3, -0.25) is 103 Å². The van der Waals surface area contributed by atoms with Crippen LogP contribution in [0.3, 0.4) is 0 Å². The molecule has 53 nitrogen and oxygen atoms in total. The van der Waals surface area contributed by atoms with Crippen LogP contribution in [0.2, 0.25) is 0 Å². The summed E-state index contributed by atoms with van der Waals surface area (Å²) in [4.78, 5) is 268. The number of rotatable bonds is 65. The zero-order valence-corrected chi connectivity index (χ0v) is 84.3. The average molecular weight is 2080 g/mol. The van der Waals surface area contributed by atoms with E-state index in [2.05, 4.69) is 100 Å². The molecule has 6 rings (SSSR count). The molecule has 0 saturated carbocycles. The lowest BCUT2D eigenvalue weighted by molar-refractivity contribution is -0.145. The first-order valence-electron chi connectivity index (χ1n) is 49.3. The van der Waals surface area contributed by atoms with Crippen molar-refractivity contribution in [1.29, 1.82) is 21.6 Å². The monoisotopic (exact) mass is 2080 g/mol. The summed E-state index contributed by atoms with van der Waals surface area (Å²) in [5.74, 6) is -17.9. The average Bonchev–Trinajstić information content (AvgIpc) is 1.69. The maximum Gasteiger partial charge on any atom is 0.326 e. The quantitative estimate of drug-likeness (QED) is 0.0142. The van der Waals surface area contributed by atoms with Crippen molar-refractivity contribution in [2.45, 2.75) is 272 Å². The number of aromatic amines is 1. The van der Waals surface area contributed by atoms with Crippen LogP contribution in [0.4, 0.5) is 0 Å². The highest BCUT2D eigenvalue weighted by Gasteiger charge is 2.45. The van der Waals surface area contributed by atoms with E-state index >= 15 is 4.79 Å². The Bertz CT molecular complexity index is 4930. The third-order valence-electron chi connectivity index (χ3n) is 24.5. The third-order valence-corrected chi connectivity index (χ3v) is 25.2. The maximum atomic E-state index is 15.3. The number of nitrogens with two attached hydrogens (primary N) is 7. The number of nitrogens with zero attached hydrogens (tertiary/aromatic N) is 4. The Labute approximate surface area is 856 Å². The standard InChI is InChI=1S/C93H149N33O20S/c1-52(2)44-64(80(136)123-68(50-127)83(139)121-66(47-56-48-105-51-111-56)82(138)112-57(24-11-12-35-94)75(131)110-49-73(129)124-40-17-29-69(124)84(140)118-63(34-43-147-4)88(144)126-42-19-31-71(126)86(142)122-67(89(145)146)46-55-22-9-6-10-23-55)120-78(134)60(27-15-38-108-92(101)102)116-85(141)70-30-18-41-125(70)87(143)62(28-16-39-109-93(103)104)117-79(135)61(32-33-72(96)128)115-77(133)58(25-13-36-106-90(97)98)113-76(132)59(26-14-37-107-91(99)100)114-81(137)65(119-74(130)53(3)95)45-54-20-7-5-8-21-54/h5-10,20-23,48,51-53,57-71,127H,11-19,24-47,49-50,94-95H2,1-4H3,(H2,96,128)(H,105,111)(H,110,131)(H,112,138)(H,113,132)(H,114,137)(H,115,133)(H,116,141)(H,117,135)(H,118,140)(H,119,130)(H,120,134)(H,121,139)(H,122,142)(H,123,136)(H,145,146)(H4,97,98,106)(H4,99,100,107)(H4,101,102,108)(H4,103,104,109)/t53-,57-,58-,59-,60-,61-,62-,63-,64-,65-,66-,67-,68-,69-,70-,71-/m0/s1. The van der Waals surface area contributed by atoms with Gasteiger partial charge in [-0.25, -0.2) is 9.78 Å². The first-order valence-corrected chi connectivity index (χ1v) is 50.7. The van der Waals surface area contributed by atoms with Crippen LogP contribution < -0.4 is 131 Å². The van der Waals surface area contributed by atoms with Crippen molar-refractivity contribution < 1.29 is 96.5 Å². The number of carboxylic acid groups (broad SMARTS) is 1. The summed E-state index contributed by atoms with van der Waals surface area (Å²) in [6, 6.07) is -5.40. The molecule has 3 aromatic rings. The Kier molecular flexibility index (Phi) is 52.4. The van der Waals surface area contributed by atoms with Crippen molar-refractivity contribution in [2.75, 3.05) is 77.5 Å². The van der Waals surface area contributed by atoms with Gasteiger partial charge in [0.15, 0.2) is 23.8 Å². The highest BCUT2D eigenvalue weighted by Crippen LogP contribution is 2.26. The Hall–Kier alpha value is -14.6. The molecule has 4 heterocycles. The van der Waals surface area contributed by atoms with Crippen LogP contribution in [0.15, 0.2) is 73.2 Å². The van der Waals surface area contributed by atoms with E-state index in [-0.39, 0.29) is 180 Å². The molecule has 17 amide bonds. The molecule has 3 saturated heterocycles. The van der Waals surface area contributed by atoms with E-state index in [0.717, 1.165) is 4.90 Å². The Morgan fingerprint density at radius 3 is 1.20 bits per heavy atom. The molecule has 0 radical (unpaired) electrons. The lowest BCUT2D eigenvalue weighted by atomic mass is 10.0. The summed E-state index contributed by atoms with van der Waals surface area (Å²) in [6.45, 7) is 3.24. The second-order valence-electron chi connectivity index (χ2n) is 36.7. The molecule has 16 atom stereocenters. The van der Waals surface area contributed by atoms with Crippen molar-refractivity contribution in [2.24, 2.45) is 46.1 Å². The van der Waals surface area contributed by atoms with E-state index in [1.165, 1.54) is 41.0 Å². The van der Waals surface area contributed by atoms with E-state index < -0.39 is 259 Å². The molecule has 54 heteroatoms. The Morgan fingerprint density at radius 1 is 0.422 bits per heavy atom. The predicted molar refractivity (Wildman–Crippen MR) is 542 cm³/mol. The lowest BCUT2D eigenvalue weighted by Gasteiger charge is -2.31. The number of primary amides is 1. The fraction of sp³-hybridized carbons (Fsp3) is 0.602. The van der Waals surface area contributed by atoms with Crippen LogP contribution in [0.25, 0.3) is 0 Å². The van der Waals surface area contributed by atoms with E-state index in [1.807, 2.05) is 0 Å². The second-order valence-corrected chi connectivity index (χ2v) is 37.6. The summed E-state index contributed by atoms with van der Waals surface area (Å²) in [7, 11) is 0. The number of guanidine groups is 4. The molecular weight excluding hydrogens is 1930 g/mol. The number of aromatic nitrogens is 2. The number of imidazole rings is 1. The molecule has 3 fully saturated rings. The minimum Gasteiger partial charge on any atom is -0.480 e. The summed E-state index contributed by atoms with van der Waals surface area (Å²) < 4.78 is 0. The SMILES string of the molecule is CSCC[C@H](NC(=O)[C@@H]1CCCN1C(=O)CNC(=O)[C@H](CCCCN)NC(=O)[C@H](Cc1c[nH]cn1)NC(=O)[C@H](CO)NC(=O)[C@H](CC(C)C)NC(=O)[C@H](CCCNC(=N)N)NC(=O)[C@@H]1CCCN1C(=O)[C@H](CCCNC(=N)N)NC(=O)[C@H](CCC(N)=O)NC(=O)[C@H](CCCNC(=N)N)NC(=O)[C@H](CCCNC(=N)N)NC(=O)[C@H](Cc1ccccc1)NC(=O)[C@H](C)N)C(=O)N1CCC[C@H]1C(=O)N[C@@H](Cc1ccccc1)C(=O)O. The number of benzene rings is 2. The number of thioether (sulfide) groups is 1. The third kappa shape index (κ3) is 42.6. The van der Waals surface area contributed by atoms with Gasteiger partial charge in [-0.1, -0.05) is 74.5 Å². The number of carbonyl (C=O) groups excluding carboxylic acids is 17. The minimum atomic E-state index is -1.87. The smallest absolute Gasteiger partial charge is 0.326 e. The fourth-order valence-corrected chi connectivity index (χ4v) is 17.3. The van der Waals surface area contributed by atoms with E-state index in [9.17, 15) is 91.7 Å². The number of likely N-dealkylation sites (tertiary alicyclic amines) is 3. The van der Waals surface area contributed by atoms with Crippen LogP contribution in [-0.4, -0.2) is 339 Å². The van der Waals surface area contributed by atoms with Gasteiger partial charge >= 0.3 is 5.97 Å². The molecule has 3 aliphatic heterocycles. The number of hydrogen-bond donors (Lipinski definition) is 31. The van der Waals surface area contributed by atoms with Crippen molar-refractivity contribution >= 4 is 142 Å². The second kappa shape index (κ2) is 63.6. The number of nitrogens with one attached hydrogen (secondary N) is 22. The van der Waals surface area contributed by atoms with Gasteiger partial charge in [-0.05, 0) is 171 Å². The number of carboxylic acids is 1. The van der Waals surface area contributed by atoms with Crippen LogP contribution in [0, 0.1) is 27.6 Å². The summed E-state index contributed by atoms with van der Waals surface area (Å²) in [6.07, 6.45) is 4.19. The Morgan fingerprint density at radius 2 is 0.776 bits per heavy atom. The first-order chi connectivity index (χ1) is 70.0. The zero-order chi connectivity index (χ0) is 108. The van der Waals surface area contributed by atoms with Gasteiger partial charge in [-0.15, -0.1) is 0 Å². The molecule has 1 aromatic heterocycles. The van der Waals surface area contributed by atoms with Crippen LogP contribution in [0.5, 0.6) is 0 Å². The Balaban J connectivity index is 1.18. The van der Waals surface area contributed by atoms with Gasteiger partial charge in [0, 0.05) is 77.7 Å². The van der Waals surface area contributed by atoms with Crippen LogP contribution >= 0.6 is 11.8 Å². The van der Waals surface area contributed by atoms with Gasteiger partial charge in [0.2, 0.25) is 100 Å². The van der Waals surface area contributed by atoms with Crippen molar-refractivity contribution in [1.82, 2.24) is 115 Å². The van der Waals surface area contributed by atoms with Gasteiger partial charge in [0.05, 0.1) is 31.2 Å². The topological polar surface area (TPSA) is 868 Å². The predicted octanol–water partition coefficient (Wildman–Crippen LogP) is -7.98. The van der Waals surface area contributed by atoms with Gasteiger partial charge in [0.25, 0.3) is 0 Å². The normalized spacial score (nSPS) is 16.8. The highest BCUT2D eigenvalue weighted by molar-refractivity contribution is 7.98. The molecule has 2 aromatic carbocycles. The van der Waals surface area contributed by atoms with Crippen molar-refractivity contribution in [3.8, 4) is 0 Å². The summed E-state index contributed by atoms with van der Waals surface area (Å²) in [5.41, 5.74) is 41.2. The largest absolute Gasteiger partial charge is 0.480 e. The molecule has 147 heavy (non-hydrogen) atoms. The van der Waals surface area contributed by atoms with Gasteiger partial charge in [-0.2, -0.15) is 11.8 Å². The molecule has 0 aliphatic carbocycles. The first kappa shape index (κ1) is 121. The number of aliphatic hydroxyl groups is 1. The zero-order valence-electron chi connectivity index (χ0n) is 83.5. The minimum absolute atomic E-state index is 0.00688. The van der Waals surface area contributed by atoms with E-state index in [0.29, 0.717) is 36.1 Å². The summed E-state index contributed by atoms with van der Waals surface area (Å²) >= 11 is 1.40. The number of H-pyrrole nitrogens is 1. The van der Waals surface area contributed by atoms with E-state index in [1.54, 1.807) is 80.8 Å². The molecule has 812 valence electrons. The van der Waals surface area contributed by atoms with E-state index in [4.69, 9.17) is 61.8 Å². The number of aliphatic carboxylic acids is 1. The number of aliphatic hydroxyl groups excluding tert-OH is 1.